The molecule has 0 N–H and O–H groups in total. The molecular formula is C15H14OS. The molecule has 0 spiro atoms. The average Bonchev–Trinajstić information content (AvgIpc) is 2.37. The number of carbonyl (C=O) groups excluding carboxylic acids is 1. The second kappa shape index (κ2) is 5.69. The van der Waals surface area contributed by atoms with Crippen LogP contribution in [0.1, 0.15) is 15.9 Å². The normalized spacial score (nSPS) is 10.2. The zero-order chi connectivity index (χ0) is 12.1. The lowest BCUT2D eigenvalue weighted by Gasteiger charge is -2.02. The molecule has 2 aromatic rings. The molecule has 0 aliphatic rings. The molecular weight excluding hydrogens is 228 g/mol. The van der Waals surface area contributed by atoms with Crippen LogP contribution in [0.25, 0.3) is 0 Å². The lowest BCUT2D eigenvalue weighted by molar-refractivity contribution is 0.102. The van der Waals surface area contributed by atoms with Crippen LogP contribution >= 0.6 is 11.8 Å². The van der Waals surface area contributed by atoms with Gasteiger partial charge in [0.15, 0.2) is 5.78 Å². The number of Topliss-reactive ketones (excluding diaryl/α,β-unsaturated/α-hetero) is 1. The van der Waals surface area contributed by atoms with E-state index in [1.165, 1.54) is 0 Å². The fourth-order valence-electron chi connectivity index (χ4n) is 1.57. The standard InChI is InChI=1S/C15H14OS/c1-12-6-5-7-13(10-12)15(16)11-17-14-8-3-2-4-9-14/h2-10H,11H2,1H3. The van der Waals surface area contributed by atoms with E-state index in [9.17, 15) is 4.79 Å². The van der Waals surface area contributed by atoms with Gasteiger partial charge in [0.1, 0.15) is 0 Å². The third-order valence-corrected chi connectivity index (χ3v) is 3.47. The quantitative estimate of drug-likeness (QED) is 0.596. The SMILES string of the molecule is Cc1cccc(C(=O)CSc2ccccc2)c1. The molecule has 1 nitrogen and oxygen atoms in total. The first-order valence-corrected chi connectivity index (χ1v) is 6.52. The second-order valence-corrected chi connectivity index (χ2v) is 4.94. The molecule has 0 radical (unpaired) electrons. The second-order valence-electron chi connectivity index (χ2n) is 3.89. The number of aryl methyl sites for hydroxylation is 1. The van der Waals surface area contributed by atoms with Crippen molar-refractivity contribution in [3.8, 4) is 0 Å². The van der Waals surface area contributed by atoms with Crippen LogP contribution in [0.15, 0.2) is 59.5 Å². The summed E-state index contributed by atoms with van der Waals surface area (Å²) < 4.78 is 0. The van der Waals surface area contributed by atoms with Gasteiger partial charge in [0.25, 0.3) is 0 Å². The van der Waals surface area contributed by atoms with Crippen LogP contribution in [-0.2, 0) is 0 Å². The first-order valence-electron chi connectivity index (χ1n) is 5.53. The van der Waals surface area contributed by atoms with E-state index >= 15 is 0 Å². The monoisotopic (exact) mass is 242 g/mol. The molecule has 0 atom stereocenters. The van der Waals surface area contributed by atoms with Crippen molar-refractivity contribution in [2.24, 2.45) is 0 Å². The van der Waals surface area contributed by atoms with Gasteiger partial charge in [0, 0.05) is 10.5 Å². The lowest BCUT2D eigenvalue weighted by Crippen LogP contribution is -2.02. The molecule has 0 fully saturated rings. The van der Waals surface area contributed by atoms with Gasteiger partial charge in [-0.05, 0) is 25.1 Å². The summed E-state index contributed by atoms with van der Waals surface area (Å²) in [6.45, 7) is 2.00. The van der Waals surface area contributed by atoms with Crippen molar-refractivity contribution in [3.63, 3.8) is 0 Å². The highest BCUT2D eigenvalue weighted by atomic mass is 32.2. The molecule has 2 rings (SSSR count). The van der Waals surface area contributed by atoms with Gasteiger partial charge in [-0.15, -0.1) is 11.8 Å². The van der Waals surface area contributed by atoms with Gasteiger partial charge in [-0.25, -0.2) is 0 Å². The Balaban J connectivity index is 1.98. The Kier molecular flexibility index (Phi) is 3.99. The first kappa shape index (κ1) is 11.9. The van der Waals surface area contributed by atoms with Crippen molar-refractivity contribution in [1.29, 1.82) is 0 Å². The van der Waals surface area contributed by atoms with Crippen LogP contribution in [0.3, 0.4) is 0 Å². The predicted molar refractivity (Wildman–Crippen MR) is 72.7 cm³/mol. The van der Waals surface area contributed by atoms with Crippen molar-refractivity contribution in [3.05, 3.63) is 65.7 Å². The molecule has 0 bridgehead atoms. The number of thioether (sulfide) groups is 1. The Morgan fingerprint density at radius 2 is 1.82 bits per heavy atom. The maximum atomic E-state index is 11.9. The molecule has 86 valence electrons. The molecule has 0 amide bonds. The van der Waals surface area contributed by atoms with Gasteiger partial charge in [-0.1, -0.05) is 42.0 Å². The summed E-state index contributed by atoms with van der Waals surface area (Å²) >= 11 is 1.58. The lowest BCUT2D eigenvalue weighted by atomic mass is 10.1. The Morgan fingerprint density at radius 3 is 2.53 bits per heavy atom. The van der Waals surface area contributed by atoms with E-state index in [1.807, 2.05) is 61.5 Å². The summed E-state index contributed by atoms with van der Waals surface area (Å²) in [6, 6.07) is 17.7. The van der Waals surface area contributed by atoms with Gasteiger partial charge < -0.3 is 0 Å². The first-order chi connectivity index (χ1) is 8.25. The van der Waals surface area contributed by atoms with E-state index in [-0.39, 0.29) is 5.78 Å². The minimum Gasteiger partial charge on any atom is -0.293 e. The van der Waals surface area contributed by atoms with Gasteiger partial charge in [-0.3, -0.25) is 4.79 Å². The number of rotatable bonds is 4. The molecule has 0 saturated carbocycles. The fourth-order valence-corrected chi connectivity index (χ4v) is 2.38. The maximum Gasteiger partial charge on any atom is 0.173 e. The van der Waals surface area contributed by atoms with Crippen molar-refractivity contribution in [2.45, 2.75) is 11.8 Å². The van der Waals surface area contributed by atoms with Crippen LogP contribution in [0.2, 0.25) is 0 Å². The fraction of sp³-hybridized carbons (Fsp3) is 0.133. The molecule has 0 saturated heterocycles. The predicted octanol–water partition coefficient (Wildman–Crippen LogP) is 3.97. The Morgan fingerprint density at radius 1 is 1.06 bits per heavy atom. The molecule has 0 aromatic heterocycles. The molecule has 0 aliphatic carbocycles. The van der Waals surface area contributed by atoms with Crippen molar-refractivity contribution in [2.75, 3.05) is 5.75 Å². The van der Waals surface area contributed by atoms with E-state index in [1.54, 1.807) is 11.8 Å². The van der Waals surface area contributed by atoms with E-state index in [4.69, 9.17) is 0 Å². The number of carbonyl (C=O) groups is 1. The van der Waals surface area contributed by atoms with Crippen molar-refractivity contribution in [1.82, 2.24) is 0 Å². The zero-order valence-corrected chi connectivity index (χ0v) is 10.5. The summed E-state index contributed by atoms with van der Waals surface area (Å²) in [7, 11) is 0. The highest BCUT2D eigenvalue weighted by Gasteiger charge is 2.06. The Hall–Kier alpha value is -1.54. The smallest absolute Gasteiger partial charge is 0.173 e. The largest absolute Gasteiger partial charge is 0.293 e. The minimum atomic E-state index is 0.183. The summed E-state index contributed by atoms with van der Waals surface area (Å²) in [4.78, 5) is 13.1. The summed E-state index contributed by atoms with van der Waals surface area (Å²) in [5, 5.41) is 0. The highest BCUT2D eigenvalue weighted by Crippen LogP contribution is 2.18. The molecule has 2 heteroatoms. The van der Waals surface area contributed by atoms with E-state index < -0.39 is 0 Å². The summed E-state index contributed by atoms with van der Waals surface area (Å²) in [6.07, 6.45) is 0. The van der Waals surface area contributed by atoms with Gasteiger partial charge >= 0.3 is 0 Å². The Labute approximate surface area is 106 Å². The molecule has 0 heterocycles. The van der Waals surface area contributed by atoms with Crippen molar-refractivity contribution < 1.29 is 4.79 Å². The van der Waals surface area contributed by atoms with E-state index in [0.29, 0.717) is 5.75 Å². The number of hydrogen-bond acceptors (Lipinski definition) is 2. The van der Waals surface area contributed by atoms with Gasteiger partial charge in [0.05, 0.1) is 5.75 Å². The van der Waals surface area contributed by atoms with Gasteiger partial charge in [-0.2, -0.15) is 0 Å². The third-order valence-electron chi connectivity index (χ3n) is 2.45. The van der Waals surface area contributed by atoms with Crippen LogP contribution in [0.4, 0.5) is 0 Å². The van der Waals surface area contributed by atoms with Crippen molar-refractivity contribution >= 4 is 17.5 Å². The van der Waals surface area contributed by atoms with Crippen LogP contribution < -0.4 is 0 Å². The van der Waals surface area contributed by atoms with E-state index in [0.717, 1.165) is 16.0 Å². The average molecular weight is 242 g/mol. The zero-order valence-electron chi connectivity index (χ0n) is 9.72. The molecule has 0 aliphatic heterocycles. The summed E-state index contributed by atoms with van der Waals surface area (Å²) in [5.41, 5.74) is 1.92. The van der Waals surface area contributed by atoms with E-state index in [2.05, 4.69) is 0 Å². The highest BCUT2D eigenvalue weighted by molar-refractivity contribution is 8.00. The maximum absolute atomic E-state index is 11.9. The van der Waals surface area contributed by atoms with Crippen LogP contribution in [0, 0.1) is 6.92 Å². The number of benzene rings is 2. The van der Waals surface area contributed by atoms with Gasteiger partial charge in [0.2, 0.25) is 0 Å². The topological polar surface area (TPSA) is 17.1 Å². The molecule has 17 heavy (non-hydrogen) atoms. The van der Waals surface area contributed by atoms with Crippen LogP contribution in [0.5, 0.6) is 0 Å². The summed E-state index contributed by atoms with van der Waals surface area (Å²) in [5.74, 6) is 0.676. The van der Waals surface area contributed by atoms with Crippen LogP contribution in [-0.4, -0.2) is 11.5 Å². The molecule has 2 aromatic carbocycles. The number of hydrogen-bond donors (Lipinski definition) is 0. The third kappa shape index (κ3) is 3.46. The minimum absolute atomic E-state index is 0.183. The number of ketones is 1. The Bertz CT molecular complexity index is 505. The molecule has 0 unspecified atom stereocenters.